The van der Waals surface area contributed by atoms with Gasteiger partial charge in [0.25, 0.3) is 0 Å². The van der Waals surface area contributed by atoms with Crippen LogP contribution in [0.1, 0.15) is 67.2 Å². The molecule has 0 bridgehead atoms. The molecule has 3 atom stereocenters. The lowest BCUT2D eigenvalue weighted by Gasteiger charge is -2.32. The van der Waals surface area contributed by atoms with E-state index < -0.39 is 41.6 Å². The standard InChI is InChI=1S/C34H38N2O6/c37-30(38)21-23-36(22-20-27(24-12-4-1-5-13-24)25-14-6-2-7-15-25)33(40)31(26-16-8-3-9-17-26)35-32(39)28-18-10-11-19-29(28)34(41)42/h1-9,12-17,27-29,31H,10-11,18-23H2,(H,35,39)(H,37,38)(H,41,42)/t28?,29-,31+/m1/s1. The van der Waals surface area contributed by atoms with Crippen LogP contribution in [0.25, 0.3) is 0 Å². The van der Waals surface area contributed by atoms with Gasteiger partial charge in [0.1, 0.15) is 6.04 Å². The van der Waals surface area contributed by atoms with Gasteiger partial charge >= 0.3 is 11.9 Å². The molecule has 42 heavy (non-hydrogen) atoms. The number of carboxylic acid groups (broad SMARTS) is 2. The van der Waals surface area contributed by atoms with E-state index in [0.29, 0.717) is 24.8 Å². The predicted molar refractivity (Wildman–Crippen MR) is 159 cm³/mol. The van der Waals surface area contributed by atoms with Gasteiger partial charge in [-0.3, -0.25) is 19.2 Å². The third-order valence-electron chi connectivity index (χ3n) is 8.09. The number of carboxylic acids is 2. The van der Waals surface area contributed by atoms with Gasteiger partial charge in [-0.15, -0.1) is 0 Å². The lowest BCUT2D eigenvalue weighted by atomic mass is 9.78. The minimum atomic E-state index is -1.07. The molecule has 0 spiro atoms. The molecule has 1 saturated carbocycles. The molecule has 8 nitrogen and oxygen atoms in total. The van der Waals surface area contributed by atoms with Crippen LogP contribution in [0.15, 0.2) is 91.0 Å². The Hall–Kier alpha value is -4.46. The summed E-state index contributed by atoms with van der Waals surface area (Å²) in [6.07, 6.45) is 2.65. The van der Waals surface area contributed by atoms with Gasteiger partial charge in [-0.25, -0.2) is 0 Å². The number of nitrogens with zero attached hydrogens (tertiary/aromatic N) is 1. The van der Waals surface area contributed by atoms with E-state index in [2.05, 4.69) is 5.32 Å². The number of carbonyl (C=O) groups is 4. The van der Waals surface area contributed by atoms with E-state index in [1.54, 1.807) is 30.3 Å². The molecule has 3 aromatic rings. The lowest BCUT2D eigenvalue weighted by molar-refractivity contribution is -0.149. The number of carbonyl (C=O) groups excluding carboxylic acids is 2. The zero-order chi connectivity index (χ0) is 29.9. The number of rotatable bonds is 13. The Labute approximate surface area is 246 Å². The van der Waals surface area contributed by atoms with Crippen molar-refractivity contribution in [2.75, 3.05) is 13.1 Å². The largest absolute Gasteiger partial charge is 0.481 e. The highest BCUT2D eigenvalue weighted by Gasteiger charge is 2.38. The summed E-state index contributed by atoms with van der Waals surface area (Å²) < 4.78 is 0. The molecule has 0 aromatic heterocycles. The average Bonchev–Trinajstić information content (AvgIpc) is 3.02. The Balaban J connectivity index is 1.61. The van der Waals surface area contributed by atoms with Crippen molar-refractivity contribution in [3.63, 3.8) is 0 Å². The van der Waals surface area contributed by atoms with E-state index in [1.165, 1.54) is 4.90 Å². The average molecular weight is 571 g/mol. The van der Waals surface area contributed by atoms with Crippen molar-refractivity contribution in [1.82, 2.24) is 10.2 Å². The highest BCUT2D eigenvalue weighted by atomic mass is 16.4. The van der Waals surface area contributed by atoms with E-state index in [1.807, 2.05) is 60.7 Å². The van der Waals surface area contributed by atoms with Crippen LogP contribution in [0.3, 0.4) is 0 Å². The van der Waals surface area contributed by atoms with Crippen LogP contribution in [-0.2, 0) is 19.2 Å². The van der Waals surface area contributed by atoms with Gasteiger partial charge in [-0.2, -0.15) is 0 Å². The maximum atomic E-state index is 14.2. The highest BCUT2D eigenvalue weighted by Crippen LogP contribution is 2.32. The van der Waals surface area contributed by atoms with E-state index in [-0.39, 0.29) is 25.4 Å². The molecule has 8 heteroatoms. The van der Waals surface area contributed by atoms with Gasteiger partial charge in [0, 0.05) is 19.0 Å². The summed E-state index contributed by atoms with van der Waals surface area (Å²) in [4.78, 5) is 52.6. The third kappa shape index (κ3) is 8.06. The second kappa shape index (κ2) is 15.0. The van der Waals surface area contributed by atoms with Crippen molar-refractivity contribution in [1.29, 1.82) is 0 Å². The lowest BCUT2D eigenvalue weighted by Crippen LogP contribution is -2.47. The van der Waals surface area contributed by atoms with Gasteiger partial charge in [0.15, 0.2) is 0 Å². The molecule has 2 amide bonds. The molecule has 3 aromatic carbocycles. The summed E-state index contributed by atoms with van der Waals surface area (Å²) in [5, 5.41) is 22.1. The molecule has 0 aliphatic heterocycles. The SMILES string of the molecule is O=C(O)CCN(CCC(c1ccccc1)c1ccccc1)C(=O)[C@@H](NC(=O)C1CCCC[C@H]1C(=O)O)c1ccccc1. The zero-order valence-corrected chi connectivity index (χ0v) is 23.6. The molecule has 3 N–H and O–H groups in total. The van der Waals surface area contributed by atoms with Crippen molar-refractivity contribution in [2.24, 2.45) is 11.8 Å². The fourth-order valence-corrected chi connectivity index (χ4v) is 5.85. The molecule has 0 radical (unpaired) electrons. The first-order chi connectivity index (χ1) is 20.3. The monoisotopic (exact) mass is 570 g/mol. The number of nitrogens with one attached hydrogen (secondary N) is 1. The van der Waals surface area contributed by atoms with E-state index in [4.69, 9.17) is 0 Å². The first-order valence-corrected chi connectivity index (χ1v) is 14.5. The second-order valence-electron chi connectivity index (χ2n) is 10.8. The summed E-state index contributed by atoms with van der Waals surface area (Å²) >= 11 is 0. The molecular formula is C34H38N2O6. The molecule has 220 valence electrons. The number of hydrogen-bond donors (Lipinski definition) is 3. The van der Waals surface area contributed by atoms with Crippen molar-refractivity contribution in [3.8, 4) is 0 Å². The summed E-state index contributed by atoms with van der Waals surface area (Å²) in [5.41, 5.74) is 2.72. The van der Waals surface area contributed by atoms with Crippen molar-refractivity contribution in [2.45, 2.75) is 50.5 Å². The topological polar surface area (TPSA) is 124 Å². The Morgan fingerprint density at radius 2 is 1.21 bits per heavy atom. The van der Waals surface area contributed by atoms with Crippen molar-refractivity contribution in [3.05, 3.63) is 108 Å². The maximum Gasteiger partial charge on any atom is 0.307 e. The Morgan fingerprint density at radius 1 is 0.714 bits per heavy atom. The molecule has 1 aliphatic rings. The number of amides is 2. The van der Waals surface area contributed by atoms with E-state index in [0.717, 1.165) is 24.0 Å². The zero-order valence-electron chi connectivity index (χ0n) is 23.6. The van der Waals surface area contributed by atoms with E-state index >= 15 is 0 Å². The summed E-state index contributed by atoms with van der Waals surface area (Å²) in [6.45, 7) is 0.242. The van der Waals surface area contributed by atoms with Crippen LogP contribution in [0, 0.1) is 11.8 Å². The number of benzene rings is 3. The summed E-state index contributed by atoms with van der Waals surface area (Å²) in [7, 11) is 0. The highest BCUT2D eigenvalue weighted by molar-refractivity contribution is 5.91. The minimum absolute atomic E-state index is 0.0230. The van der Waals surface area contributed by atoms with Crippen LogP contribution in [0.4, 0.5) is 0 Å². The first-order valence-electron chi connectivity index (χ1n) is 14.5. The Kier molecular flexibility index (Phi) is 10.9. The normalized spacial score (nSPS) is 17.3. The molecule has 0 heterocycles. The number of hydrogen-bond acceptors (Lipinski definition) is 4. The fraction of sp³-hybridized carbons (Fsp3) is 0.353. The summed E-state index contributed by atoms with van der Waals surface area (Å²) in [5.74, 6) is -4.48. The van der Waals surface area contributed by atoms with E-state index in [9.17, 15) is 29.4 Å². The van der Waals surface area contributed by atoms with Crippen molar-refractivity contribution >= 4 is 23.8 Å². The summed E-state index contributed by atoms with van der Waals surface area (Å²) in [6, 6.07) is 27.7. The third-order valence-corrected chi connectivity index (χ3v) is 8.09. The van der Waals surface area contributed by atoms with Gasteiger partial charge in [-0.05, 0) is 36.0 Å². The smallest absolute Gasteiger partial charge is 0.307 e. The van der Waals surface area contributed by atoms with Crippen LogP contribution >= 0.6 is 0 Å². The molecule has 1 aliphatic carbocycles. The Morgan fingerprint density at radius 3 is 1.71 bits per heavy atom. The minimum Gasteiger partial charge on any atom is -0.481 e. The van der Waals surface area contributed by atoms with Gasteiger partial charge in [0.05, 0.1) is 18.3 Å². The van der Waals surface area contributed by atoms with Crippen molar-refractivity contribution < 1.29 is 29.4 Å². The van der Waals surface area contributed by atoms with Gasteiger partial charge < -0.3 is 20.4 Å². The molecule has 4 rings (SSSR count). The van der Waals surface area contributed by atoms with Gasteiger partial charge in [0.2, 0.25) is 11.8 Å². The van der Waals surface area contributed by atoms with Crippen LogP contribution in [0.2, 0.25) is 0 Å². The van der Waals surface area contributed by atoms with Crippen LogP contribution < -0.4 is 5.32 Å². The second-order valence-corrected chi connectivity index (χ2v) is 10.8. The quantitative estimate of drug-likeness (QED) is 0.258. The number of aliphatic carboxylic acids is 2. The first kappa shape index (κ1) is 30.5. The van der Waals surface area contributed by atoms with Gasteiger partial charge in [-0.1, -0.05) is 104 Å². The predicted octanol–water partition coefficient (Wildman–Crippen LogP) is 5.26. The molecule has 0 saturated heterocycles. The maximum absolute atomic E-state index is 14.2. The molecule has 1 unspecified atom stereocenters. The van der Waals surface area contributed by atoms with Crippen LogP contribution in [-0.4, -0.2) is 52.0 Å². The molecular weight excluding hydrogens is 532 g/mol. The van der Waals surface area contributed by atoms with Crippen LogP contribution in [0.5, 0.6) is 0 Å². The molecule has 1 fully saturated rings. The fourth-order valence-electron chi connectivity index (χ4n) is 5.85. The Bertz CT molecular complexity index is 1290.